The second kappa shape index (κ2) is 11.2. The summed E-state index contributed by atoms with van der Waals surface area (Å²) in [6, 6.07) is 49.9. The van der Waals surface area contributed by atoms with Gasteiger partial charge in [-0.25, -0.2) is 4.85 Å². The smallest absolute Gasteiger partial charge is 0.211 e. The van der Waals surface area contributed by atoms with Gasteiger partial charge < -0.3 is 13.6 Å². The van der Waals surface area contributed by atoms with Crippen LogP contribution in [0.3, 0.4) is 0 Å². The number of benzene rings is 7. The summed E-state index contributed by atoms with van der Waals surface area (Å²) in [5.74, 6) is 0. The highest BCUT2D eigenvalue weighted by atomic mass is 16.3. The number of para-hydroxylation sites is 4. The molecule has 0 atom stereocenters. The summed E-state index contributed by atoms with van der Waals surface area (Å²) in [6.45, 7) is 8.22. The minimum atomic E-state index is 0.175. The number of fused-ring (bicyclic) bond motifs is 10. The van der Waals surface area contributed by atoms with Crippen molar-refractivity contribution in [1.82, 2.24) is 9.13 Å². The molecule has 0 unspecified atom stereocenters. The lowest BCUT2D eigenvalue weighted by molar-refractivity contribution is 0.673. The summed E-state index contributed by atoms with van der Waals surface area (Å²) in [5.41, 5.74) is 8.07. The topological polar surface area (TPSA) is 98.7 Å². The maximum Gasteiger partial charge on any atom is 0.211 e. The SMILES string of the molecule is [C-]#[N+]c1cc(C#N)c(-c2ccc(C#N)c(C#N)c2-n2c3ccccc3c3c4oc5ccccc5c4ccc32)cc1-n1c2ccccc2c2ccccc21. The summed E-state index contributed by atoms with van der Waals surface area (Å²) < 4.78 is 10.6. The molecule has 0 bridgehead atoms. The predicted molar refractivity (Wildman–Crippen MR) is 208 cm³/mol. The van der Waals surface area contributed by atoms with E-state index in [0.717, 1.165) is 65.6 Å². The van der Waals surface area contributed by atoms with Gasteiger partial charge in [-0.2, -0.15) is 15.8 Å². The number of rotatable bonds is 3. The molecule has 0 aliphatic carbocycles. The lowest BCUT2D eigenvalue weighted by Gasteiger charge is -2.19. The molecule has 0 aliphatic rings. The van der Waals surface area contributed by atoms with Gasteiger partial charge in [0, 0.05) is 43.6 Å². The van der Waals surface area contributed by atoms with Crippen LogP contribution in [-0.2, 0) is 0 Å². The van der Waals surface area contributed by atoms with Gasteiger partial charge in [-0.3, -0.25) is 0 Å². The van der Waals surface area contributed by atoms with Crippen LogP contribution in [0.25, 0.3) is 92.9 Å². The zero-order valence-electron chi connectivity index (χ0n) is 27.8. The lowest BCUT2D eigenvalue weighted by atomic mass is 9.92. The van der Waals surface area contributed by atoms with Crippen LogP contribution in [0.4, 0.5) is 5.69 Å². The van der Waals surface area contributed by atoms with Crippen molar-refractivity contribution in [2.45, 2.75) is 0 Å². The van der Waals surface area contributed by atoms with E-state index in [0.29, 0.717) is 28.2 Å². The molecule has 0 saturated heterocycles. The first-order chi connectivity index (χ1) is 26.1. The van der Waals surface area contributed by atoms with Gasteiger partial charge in [0.25, 0.3) is 0 Å². The molecule has 10 aromatic rings. The van der Waals surface area contributed by atoms with Crippen molar-refractivity contribution in [3.63, 3.8) is 0 Å². The van der Waals surface area contributed by atoms with E-state index in [1.165, 1.54) is 0 Å². The Kier molecular flexibility index (Phi) is 6.30. The Labute approximate surface area is 302 Å². The van der Waals surface area contributed by atoms with Crippen molar-refractivity contribution in [2.24, 2.45) is 0 Å². The molecule has 10 rings (SSSR count). The van der Waals surface area contributed by atoms with E-state index in [1.807, 2.05) is 108 Å². The van der Waals surface area contributed by atoms with Crippen LogP contribution in [0, 0.1) is 40.6 Å². The van der Waals surface area contributed by atoms with E-state index in [2.05, 4.69) is 39.8 Å². The van der Waals surface area contributed by atoms with Crippen LogP contribution < -0.4 is 0 Å². The summed E-state index contributed by atoms with van der Waals surface area (Å²) in [4.78, 5) is 3.91. The molecule has 0 spiro atoms. The Morgan fingerprint density at radius 2 is 1.15 bits per heavy atom. The molecule has 0 amide bonds. The van der Waals surface area contributed by atoms with Gasteiger partial charge in [0.05, 0.1) is 62.6 Å². The molecular weight excluding hydrogens is 653 g/mol. The van der Waals surface area contributed by atoms with E-state index in [-0.39, 0.29) is 16.7 Å². The van der Waals surface area contributed by atoms with Crippen molar-refractivity contribution < 1.29 is 4.42 Å². The van der Waals surface area contributed by atoms with Gasteiger partial charge in [-0.05, 0) is 54.6 Å². The minimum absolute atomic E-state index is 0.175. The largest absolute Gasteiger partial charge is 0.455 e. The van der Waals surface area contributed by atoms with Crippen molar-refractivity contribution in [3.05, 3.63) is 162 Å². The fourth-order valence-electron chi connectivity index (χ4n) is 8.07. The summed E-state index contributed by atoms with van der Waals surface area (Å²) in [6.07, 6.45) is 0. The zero-order chi connectivity index (χ0) is 35.8. The second-order valence-corrected chi connectivity index (χ2v) is 12.9. The molecule has 0 N–H and O–H groups in total. The van der Waals surface area contributed by atoms with E-state index in [1.54, 1.807) is 18.2 Å². The summed E-state index contributed by atoms with van der Waals surface area (Å²) in [7, 11) is 0. The molecule has 53 heavy (non-hydrogen) atoms. The number of nitrogens with zero attached hydrogens (tertiary/aromatic N) is 6. The standard InChI is InChI=1S/C46H22N6O/c1-50-37-22-28(25-48)35(23-42(37)51-38-14-6-2-10-29(38)30-11-3-7-15-39(30)51)32-19-18-27(24-47)36(26-49)45(32)52-40-16-8-4-13-34(40)44-41(52)21-20-33-31-12-5-9-17-43(31)53-46(33)44/h2-23H. The van der Waals surface area contributed by atoms with Gasteiger partial charge in [-0.15, -0.1) is 0 Å². The number of aromatic nitrogens is 2. The Bertz CT molecular complexity index is 3350. The van der Waals surface area contributed by atoms with Crippen LogP contribution in [0.1, 0.15) is 16.7 Å². The second-order valence-electron chi connectivity index (χ2n) is 12.9. The van der Waals surface area contributed by atoms with Crippen LogP contribution in [0.5, 0.6) is 0 Å². The quantitative estimate of drug-likeness (QED) is 0.174. The third kappa shape index (κ3) is 4.05. The molecule has 3 heterocycles. The highest BCUT2D eigenvalue weighted by Crippen LogP contribution is 2.45. The molecule has 242 valence electrons. The summed E-state index contributed by atoms with van der Waals surface area (Å²) >= 11 is 0. The third-order valence-electron chi connectivity index (χ3n) is 10.3. The average Bonchev–Trinajstić information content (AvgIpc) is 3.87. The Morgan fingerprint density at radius 1 is 0.528 bits per heavy atom. The van der Waals surface area contributed by atoms with Crippen LogP contribution in [-0.4, -0.2) is 9.13 Å². The number of nitriles is 3. The van der Waals surface area contributed by atoms with Crippen LogP contribution in [0.2, 0.25) is 0 Å². The first kappa shape index (κ1) is 29.8. The third-order valence-corrected chi connectivity index (χ3v) is 10.3. The normalized spacial score (nSPS) is 11.3. The number of hydrogen-bond acceptors (Lipinski definition) is 4. The van der Waals surface area contributed by atoms with Gasteiger partial charge in [0.15, 0.2) is 0 Å². The van der Waals surface area contributed by atoms with Crippen molar-refractivity contribution in [1.29, 1.82) is 15.8 Å². The zero-order valence-corrected chi connectivity index (χ0v) is 27.8. The van der Waals surface area contributed by atoms with E-state index in [4.69, 9.17) is 11.0 Å². The number of hydrogen-bond donors (Lipinski definition) is 0. The van der Waals surface area contributed by atoms with Gasteiger partial charge in [0.1, 0.15) is 23.3 Å². The maximum absolute atomic E-state index is 10.8. The molecule has 7 heteroatoms. The fraction of sp³-hybridized carbons (Fsp3) is 0. The molecule has 0 radical (unpaired) electrons. The first-order valence-electron chi connectivity index (χ1n) is 16.9. The van der Waals surface area contributed by atoms with Crippen molar-refractivity contribution in [3.8, 4) is 40.7 Å². The first-order valence-corrected chi connectivity index (χ1v) is 16.9. The molecule has 3 aromatic heterocycles. The lowest BCUT2D eigenvalue weighted by Crippen LogP contribution is -2.04. The summed E-state index contributed by atoms with van der Waals surface area (Å²) in [5, 5.41) is 37.6. The van der Waals surface area contributed by atoms with Gasteiger partial charge in [-0.1, -0.05) is 78.9 Å². The van der Waals surface area contributed by atoms with Crippen molar-refractivity contribution >= 4 is 71.2 Å². The van der Waals surface area contributed by atoms with E-state index in [9.17, 15) is 15.8 Å². The van der Waals surface area contributed by atoms with Crippen LogP contribution in [0.15, 0.2) is 138 Å². The maximum atomic E-state index is 10.8. The molecule has 7 aromatic carbocycles. The fourth-order valence-corrected chi connectivity index (χ4v) is 8.07. The Balaban J connectivity index is 1.36. The van der Waals surface area contributed by atoms with Crippen LogP contribution >= 0.6 is 0 Å². The Hall–Kier alpha value is -8.10. The minimum Gasteiger partial charge on any atom is -0.455 e. The molecule has 0 aliphatic heterocycles. The highest BCUT2D eigenvalue weighted by molar-refractivity contribution is 6.24. The van der Waals surface area contributed by atoms with E-state index < -0.39 is 0 Å². The van der Waals surface area contributed by atoms with Gasteiger partial charge in [0.2, 0.25) is 5.69 Å². The molecular formula is C46H22N6O. The number of furan rings is 1. The van der Waals surface area contributed by atoms with Gasteiger partial charge >= 0.3 is 0 Å². The molecule has 0 saturated carbocycles. The molecule has 0 fully saturated rings. The predicted octanol–water partition coefficient (Wildman–Crippen LogP) is 11.6. The van der Waals surface area contributed by atoms with E-state index >= 15 is 0 Å². The Morgan fingerprint density at radius 3 is 1.81 bits per heavy atom. The highest BCUT2D eigenvalue weighted by Gasteiger charge is 2.26. The van der Waals surface area contributed by atoms with Crippen molar-refractivity contribution in [2.75, 3.05) is 0 Å². The molecule has 7 nitrogen and oxygen atoms in total. The average molecular weight is 675 g/mol. The monoisotopic (exact) mass is 674 g/mol.